The standard InChI is InChI=1S/C25H26FN5O4S/c1-14-27-11-16-10-18(22-20(26)4-3-5-21(22)34-2)19(12-31(14)16)23(33)28-24-29-30-25(36-24)35-13-15-6-8-17(32)9-7-15/h3-5,10-12,15,17,32H,6-9,13H2,1-2H3,(H,28,29,33). The van der Waals surface area contributed by atoms with Crippen molar-refractivity contribution in [2.75, 3.05) is 19.0 Å². The molecule has 3 aromatic heterocycles. The molecule has 0 saturated heterocycles. The summed E-state index contributed by atoms with van der Waals surface area (Å²) in [5.41, 5.74) is 1.50. The van der Waals surface area contributed by atoms with E-state index < -0.39 is 11.7 Å². The molecule has 11 heteroatoms. The van der Waals surface area contributed by atoms with Crippen LogP contribution in [-0.4, -0.2) is 50.4 Å². The predicted molar refractivity (Wildman–Crippen MR) is 133 cm³/mol. The number of nitrogens with zero attached hydrogens (tertiary/aromatic N) is 4. The predicted octanol–water partition coefficient (Wildman–Crippen LogP) is 4.49. The van der Waals surface area contributed by atoms with Crippen molar-refractivity contribution in [2.45, 2.75) is 38.7 Å². The van der Waals surface area contributed by atoms with Crippen molar-refractivity contribution >= 4 is 27.9 Å². The highest BCUT2D eigenvalue weighted by Crippen LogP contribution is 2.36. The van der Waals surface area contributed by atoms with Crippen molar-refractivity contribution in [3.05, 3.63) is 53.9 Å². The number of fused-ring (bicyclic) bond motifs is 1. The van der Waals surface area contributed by atoms with Gasteiger partial charge in [0.2, 0.25) is 5.13 Å². The first-order valence-corrected chi connectivity index (χ1v) is 12.5. The Morgan fingerprint density at radius 3 is 2.86 bits per heavy atom. The van der Waals surface area contributed by atoms with Gasteiger partial charge in [0.1, 0.15) is 17.4 Å². The second kappa shape index (κ2) is 10.2. The average Bonchev–Trinajstić information content (AvgIpc) is 3.48. The molecule has 2 N–H and O–H groups in total. The lowest BCUT2D eigenvalue weighted by Gasteiger charge is -2.24. The van der Waals surface area contributed by atoms with Gasteiger partial charge in [-0.05, 0) is 68.1 Å². The molecule has 3 heterocycles. The Hall–Kier alpha value is -3.57. The van der Waals surface area contributed by atoms with E-state index in [1.165, 1.54) is 13.2 Å². The van der Waals surface area contributed by atoms with E-state index in [2.05, 4.69) is 20.5 Å². The molecule has 1 amide bonds. The summed E-state index contributed by atoms with van der Waals surface area (Å²) in [5, 5.41) is 21.1. The summed E-state index contributed by atoms with van der Waals surface area (Å²) in [7, 11) is 1.46. The van der Waals surface area contributed by atoms with Gasteiger partial charge < -0.3 is 19.0 Å². The zero-order chi connectivity index (χ0) is 25.2. The SMILES string of the molecule is COc1cccc(F)c1-c1cc2cnc(C)n2cc1C(=O)Nc1nnc(OCC2CCC(O)CC2)s1. The number of imidazole rings is 1. The second-order valence-corrected chi connectivity index (χ2v) is 9.77. The third-order valence-corrected chi connectivity index (χ3v) is 7.20. The van der Waals surface area contributed by atoms with E-state index in [9.17, 15) is 14.3 Å². The molecule has 1 aliphatic rings. The molecule has 36 heavy (non-hydrogen) atoms. The fourth-order valence-corrected chi connectivity index (χ4v) is 5.08. The zero-order valence-electron chi connectivity index (χ0n) is 19.9. The summed E-state index contributed by atoms with van der Waals surface area (Å²) >= 11 is 1.12. The number of aliphatic hydroxyl groups is 1. The van der Waals surface area contributed by atoms with E-state index in [4.69, 9.17) is 9.47 Å². The Labute approximate surface area is 210 Å². The maximum absolute atomic E-state index is 15.0. The van der Waals surface area contributed by atoms with Crippen LogP contribution in [-0.2, 0) is 0 Å². The molecule has 1 fully saturated rings. The minimum absolute atomic E-state index is 0.186. The van der Waals surface area contributed by atoms with Crippen LogP contribution in [0.5, 0.6) is 10.9 Å². The van der Waals surface area contributed by atoms with Gasteiger partial charge >= 0.3 is 0 Å². The first-order chi connectivity index (χ1) is 17.4. The minimum atomic E-state index is -0.508. The molecule has 0 unspecified atom stereocenters. The second-order valence-electron chi connectivity index (χ2n) is 8.83. The summed E-state index contributed by atoms with van der Waals surface area (Å²) in [6.07, 6.45) is 6.44. The monoisotopic (exact) mass is 511 g/mol. The fourth-order valence-electron chi connectivity index (χ4n) is 4.48. The largest absolute Gasteiger partial charge is 0.496 e. The van der Waals surface area contributed by atoms with Crippen LogP contribution in [0.3, 0.4) is 0 Å². The summed E-state index contributed by atoms with van der Waals surface area (Å²) < 4.78 is 27.9. The Morgan fingerprint density at radius 1 is 1.28 bits per heavy atom. The number of ether oxygens (including phenoxy) is 2. The molecule has 1 saturated carbocycles. The number of aliphatic hydroxyl groups excluding tert-OH is 1. The lowest BCUT2D eigenvalue weighted by Crippen LogP contribution is -2.22. The lowest BCUT2D eigenvalue weighted by molar-refractivity contribution is 0.0915. The number of hydrogen-bond donors (Lipinski definition) is 2. The first-order valence-electron chi connectivity index (χ1n) is 11.7. The van der Waals surface area contributed by atoms with Crippen LogP contribution >= 0.6 is 11.3 Å². The smallest absolute Gasteiger partial charge is 0.295 e. The number of aryl methyl sites for hydroxylation is 1. The molecule has 0 bridgehead atoms. The summed E-state index contributed by atoms with van der Waals surface area (Å²) in [6.45, 7) is 2.31. The van der Waals surface area contributed by atoms with Gasteiger partial charge in [-0.3, -0.25) is 10.1 Å². The maximum Gasteiger partial charge on any atom is 0.295 e. The molecule has 4 aromatic rings. The van der Waals surface area contributed by atoms with Crippen molar-refractivity contribution in [3.63, 3.8) is 0 Å². The van der Waals surface area contributed by atoms with Crippen molar-refractivity contribution in [1.29, 1.82) is 0 Å². The zero-order valence-corrected chi connectivity index (χ0v) is 20.7. The summed E-state index contributed by atoms with van der Waals surface area (Å²) in [5.74, 6) is 0.373. The van der Waals surface area contributed by atoms with Gasteiger partial charge in [0.05, 0.1) is 42.7 Å². The molecule has 0 atom stereocenters. The van der Waals surface area contributed by atoms with Gasteiger partial charge in [-0.2, -0.15) is 0 Å². The molecule has 9 nitrogen and oxygen atoms in total. The number of methoxy groups -OCH3 is 1. The average molecular weight is 512 g/mol. The normalized spacial score (nSPS) is 17.8. The number of rotatable bonds is 7. The van der Waals surface area contributed by atoms with E-state index in [0.29, 0.717) is 40.4 Å². The Morgan fingerprint density at radius 2 is 2.08 bits per heavy atom. The number of pyridine rings is 1. The molecule has 188 valence electrons. The molecular formula is C25H26FN5O4S. The van der Waals surface area contributed by atoms with Gasteiger partial charge in [-0.25, -0.2) is 9.37 Å². The van der Waals surface area contributed by atoms with Crippen molar-refractivity contribution in [2.24, 2.45) is 5.92 Å². The molecule has 0 aliphatic heterocycles. The van der Waals surface area contributed by atoms with Crippen LogP contribution in [0.15, 0.2) is 36.7 Å². The van der Waals surface area contributed by atoms with E-state index in [1.54, 1.807) is 35.0 Å². The number of aromatic nitrogens is 4. The Balaban J connectivity index is 1.40. The highest BCUT2D eigenvalue weighted by molar-refractivity contribution is 7.17. The molecular weight excluding hydrogens is 485 g/mol. The lowest BCUT2D eigenvalue weighted by atomic mass is 9.88. The van der Waals surface area contributed by atoms with Crippen molar-refractivity contribution in [1.82, 2.24) is 19.6 Å². The quantitative estimate of drug-likeness (QED) is 0.376. The molecule has 0 spiro atoms. The van der Waals surface area contributed by atoms with Crippen LogP contribution in [0, 0.1) is 18.7 Å². The van der Waals surface area contributed by atoms with Gasteiger partial charge in [-0.1, -0.05) is 11.2 Å². The van der Waals surface area contributed by atoms with Crippen LogP contribution in [0.4, 0.5) is 9.52 Å². The number of nitrogens with one attached hydrogen (secondary N) is 1. The van der Waals surface area contributed by atoms with E-state index in [0.717, 1.165) is 37.0 Å². The molecule has 5 rings (SSSR count). The Bertz CT molecular complexity index is 1400. The maximum atomic E-state index is 15.0. The van der Waals surface area contributed by atoms with Gasteiger partial charge in [-0.15, -0.1) is 5.10 Å². The minimum Gasteiger partial charge on any atom is -0.496 e. The number of anilines is 1. The highest BCUT2D eigenvalue weighted by Gasteiger charge is 2.23. The Kier molecular flexibility index (Phi) is 6.84. The molecule has 0 radical (unpaired) electrons. The van der Waals surface area contributed by atoms with E-state index in [-0.39, 0.29) is 22.4 Å². The third-order valence-electron chi connectivity index (χ3n) is 6.45. The van der Waals surface area contributed by atoms with Gasteiger partial charge in [0, 0.05) is 11.8 Å². The fraction of sp³-hybridized carbons (Fsp3) is 0.360. The van der Waals surface area contributed by atoms with Crippen LogP contribution in [0.25, 0.3) is 16.6 Å². The number of carbonyl (C=O) groups excluding carboxylic acids is 1. The van der Waals surface area contributed by atoms with Crippen LogP contribution in [0.2, 0.25) is 0 Å². The summed E-state index contributed by atoms with van der Waals surface area (Å²) in [4.78, 5) is 17.7. The van der Waals surface area contributed by atoms with Crippen molar-refractivity contribution < 1.29 is 23.8 Å². The highest BCUT2D eigenvalue weighted by atomic mass is 32.1. The van der Waals surface area contributed by atoms with E-state index in [1.807, 2.05) is 6.92 Å². The number of carbonyl (C=O) groups is 1. The third kappa shape index (κ3) is 4.89. The first kappa shape index (κ1) is 24.1. The number of benzene rings is 1. The topological polar surface area (TPSA) is 111 Å². The van der Waals surface area contributed by atoms with Gasteiger partial charge in [0.25, 0.3) is 11.1 Å². The summed E-state index contributed by atoms with van der Waals surface area (Å²) in [6, 6.07) is 6.24. The van der Waals surface area contributed by atoms with Crippen molar-refractivity contribution in [3.8, 4) is 22.1 Å². The number of halogens is 1. The van der Waals surface area contributed by atoms with Gasteiger partial charge in [0.15, 0.2) is 0 Å². The molecule has 1 aromatic carbocycles. The van der Waals surface area contributed by atoms with Crippen LogP contribution < -0.4 is 14.8 Å². The van der Waals surface area contributed by atoms with Crippen LogP contribution in [0.1, 0.15) is 41.9 Å². The number of amides is 1. The molecule has 1 aliphatic carbocycles. The van der Waals surface area contributed by atoms with E-state index >= 15 is 0 Å². The number of hydrogen-bond acceptors (Lipinski definition) is 8.